The average Bonchev–Trinajstić information content (AvgIpc) is 2.49. The van der Waals surface area contributed by atoms with Crippen molar-refractivity contribution in [1.82, 2.24) is 15.3 Å². The minimum atomic E-state index is 0.428. The number of benzene rings is 1. The van der Waals surface area contributed by atoms with Gasteiger partial charge in [-0.2, -0.15) is 0 Å². The topological polar surface area (TPSA) is 47.0 Å². The summed E-state index contributed by atoms with van der Waals surface area (Å²) < 4.78 is 5.76. The Hall–Kier alpha value is -1.94. The highest BCUT2D eigenvalue weighted by Gasteiger charge is 2.17. The fraction of sp³-hybridized carbons (Fsp3) is 0.375. The molecule has 3 rings (SSSR count). The van der Waals surface area contributed by atoms with Crippen LogP contribution >= 0.6 is 0 Å². The third-order valence-electron chi connectivity index (χ3n) is 3.54. The molecule has 1 atom stereocenters. The van der Waals surface area contributed by atoms with Gasteiger partial charge in [0.05, 0.1) is 12.4 Å². The minimum absolute atomic E-state index is 0.428. The quantitative estimate of drug-likeness (QED) is 0.930. The molecule has 1 aromatic heterocycles. The van der Waals surface area contributed by atoms with E-state index in [2.05, 4.69) is 15.3 Å². The summed E-state index contributed by atoms with van der Waals surface area (Å²) in [5, 5.41) is 3.38. The van der Waals surface area contributed by atoms with Crippen LogP contribution in [0.25, 0.3) is 0 Å². The van der Waals surface area contributed by atoms with E-state index in [-0.39, 0.29) is 0 Å². The van der Waals surface area contributed by atoms with Crippen LogP contribution in [-0.4, -0.2) is 23.1 Å². The van der Waals surface area contributed by atoms with Gasteiger partial charge in [-0.25, -0.2) is 9.97 Å². The van der Waals surface area contributed by atoms with Gasteiger partial charge in [0.1, 0.15) is 11.6 Å². The number of nitrogens with one attached hydrogen (secondary N) is 1. The van der Waals surface area contributed by atoms with Crippen LogP contribution in [0.4, 0.5) is 0 Å². The third kappa shape index (κ3) is 3.14. The van der Waals surface area contributed by atoms with Crippen molar-refractivity contribution in [1.29, 1.82) is 0 Å². The Balaban J connectivity index is 1.69. The molecule has 1 unspecified atom stereocenters. The normalized spacial score (nSPS) is 18.8. The minimum Gasteiger partial charge on any atom is -0.454 e. The fourth-order valence-corrected chi connectivity index (χ4v) is 2.48. The van der Waals surface area contributed by atoms with Crippen molar-refractivity contribution in [2.24, 2.45) is 0 Å². The highest BCUT2D eigenvalue weighted by Crippen LogP contribution is 2.23. The number of piperidine rings is 1. The summed E-state index contributed by atoms with van der Waals surface area (Å²) >= 11 is 0. The van der Waals surface area contributed by atoms with Crippen molar-refractivity contribution in [3.63, 3.8) is 0 Å². The second-order valence-corrected chi connectivity index (χ2v) is 5.24. The smallest absolute Gasteiger partial charge is 0.164 e. The van der Waals surface area contributed by atoms with Gasteiger partial charge in [-0.1, -0.05) is 12.1 Å². The Kier molecular flexibility index (Phi) is 3.92. The van der Waals surface area contributed by atoms with Gasteiger partial charge in [-0.15, -0.1) is 0 Å². The van der Waals surface area contributed by atoms with Crippen molar-refractivity contribution in [2.75, 3.05) is 13.1 Å². The van der Waals surface area contributed by atoms with Crippen molar-refractivity contribution in [3.8, 4) is 11.5 Å². The molecule has 2 heterocycles. The molecule has 2 aromatic rings. The first-order valence-corrected chi connectivity index (χ1v) is 7.08. The maximum absolute atomic E-state index is 5.76. The molecule has 20 heavy (non-hydrogen) atoms. The summed E-state index contributed by atoms with van der Waals surface area (Å²) in [6.07, 6.45) is 5.87. The van der Waals surface area contributed by atoms with Crippen molar-refractivity contribution >= 4 is 0 Å². The molecule has 1 saturated heterocycles. The first-order valence-electron chi connectivity index (χ1n) is 7.08. The van der Waals surface area contributed by atoms with Gasteiger partial charge in [0.2, 0.25) is 0 Å². The molecule has 104 valence electrons. The summed E-state index contributed by atoms with van der Waals surface area (Å²) in [6, 6.07) is 7.96. The van der Waals surface area contributed by atoms with Gasteiger partial charge in [0.25, 0.3) is 0 Å². The maximum Gasteiger partial charge on any atom is 0.164 e. The lowest BCUT2D eigenvalue weighted by Crippen LogP contribution is -2.29. The van der Waals surface area contributed by atoms with Crippen molar-refractivity contribution in [2.45, 2.75) is 25.7 Å². The molecular weight excluding hydrogens is 250 g/mol. The van der Waals surface area contributed by atoms with E-state index in [0.717, 1.165) is 31.1 Å². The van der Waals surface area contributed by atoms with Gasteiger partial charge in [-0.3, -0.25) is 0 Å². The van der Waals surface area contributed by atoms with Gasteiger partial charge in [0.15, 0.2) is 5.75 Å². The van der Waals surface area contributed by atoms with E-state index in [1.165, 1.54) is 12.0 Å². The van der Waals surface area contributed by atoms with E-state index in [1.807, 2.05) is 31.2 Å². The van der Waals surface area contributed by atoms with Crippen LogP contribution < -0.4 is 10.1 Å². The third-order valence-corrected chi connectivity index (χ3v) is 3.54. The molecule has 4 nitrogen and oxygen atoms in total. The number of ether oxygens (including phenoxy) is 1. The van der Waals surface area contributed by atoms with Crippen molar-refractivity contribution < 1.29 is 4.74 Å². The molecule has 1 aliphatic rings. The van der Waals surface area contributed by atoms with Crippen LogP contribution in [0.1, 0.15) is 30.1 Å². The van der Waals surface area contributed by atoms with Crippen LogP contribution in [0.3, 0.4) is 0 Å². The number of aryl methyl sites for hydroxylation is 1. The zero-order chi connectivity index (χ0) is 13.8. The largest absolute Gasteiger partial charge is 0.454 e. The highest BCUT2D eigenvalue weighted by atomic mass is 16.5. The fourth-order valence-electron chi connectivity index (χ4n) is 2.48. The predicted octanol–water partition coefficient (Wildman–Crippen LogP) is 3.04. The number of rotatable bonds is 3. The maximum atomic E-state index is 5.76. The van der Waals surface area contributed by atoms with E-state index in [1.54, 1.807) is 12.4 Å². The first-order chi connectivity index (χ1) is 9.81. The molecule has 1 N–H and O–H groups in total. The molecule has 1 aliphatic heterocycles. The van der Waals surface area contributed by atoms with Crippen LogP contribution in [0.15, 0.2) is 36.7 Å². The van der Waals surface area contributed by atoms with Gasteiger partial charge < -0.3 is 10.1 Å². The number of hydrogen-bond donors (Lipinski definition) is 1. The monoisotopic (exact) mass is 269 g/mol. The molecule has 0 bridgehead atoms. The van der Waals surface area contributed by atoms with Crippen molar-refractivity contribution in [3.05, 3.63) is 48.0 Å². The summed E-state index contributed by atoms with van der Waals surface area (Å²) in [7, 11) is 0. The number of nitrogens with zero attached hydrogens (tertiary/aromatic N) is 2. The molecule has 0 radical (unpaired) electrons. The van der Waals surface area contributed by atoms with E-state index in [9.17, 15) is 0 Å². The lowest BCUT2D eigenvalue weighted by molar-refractivity contribution is 0.440. The number of hydrogen-bond acceptors (Lipinski definition) is 4. The molecular formula is C16H19N3O. The molecule has 0 saturated carbocycles. The Bertz CT molecular complexity index is 562. The summed E-state index contributed by atoms with van der Waals surface area (Å²) in [6.45, 7) is 4.12. The van der Waals surface area contributed by atoms with E-state index in [4.69, 9.17) is 4.74 Å². The highest BCUT2D eigenvalue weighted by molar-refractivity contribution is 5.31. The lowest BCUT2D eigenvalue weighted by atomic mass is 9.99. The molecule has 1 aromatic carbocycles. The Labute approximate surface area is 119 Å². The SMILES string of the molecule is Cc1cccc(Oc2cnc(C3CCCNC3)nc2)c1. The van der Waals surface area contributed by atoms with Gasteiger partial charge in [0, 0.05) is 12.5 Å². The summed E-state index contributed by atoms with van der Waals surface area (Å²) in [5.74, 6) is 2.84. The molecule has 4 heteroatoms. The van der Waals surface area contributed by atoms with Gasteiger partial charge in [-0.05, 0) is 44.0 Å². The van der Waals surface area contributed by atoms with Crippen LogP contribution in [-0.2, 0) is 0 Å². The number of aromatic nitrogens is 2. The Morgan fingerprint density at radius 2 is 2.05 bits per heavy atom. The second-order valence-electron chi connectivity index (χ2n) is 5.24. The van der Waals surface area contributed by atoms with E-state index >= 15 is 0 Å². The Morgan fingerprint density at radius 1 is 1.20 bits per heavy atom. The standard InChI is InChI=1S/C16H19N3O/c1-12-4-2-6-14(8-12)20-15-10-18-16(19-11-15)13-5-3-7-17-9-13/h2,4,6,8,10-11,13,17H,3,5,7,9H2,1H3. The van der Waals surface area contributed by atoms with E-state index < -0.39 is 0 Å². The molecule has 0 aliphatic carbocycles. The first kappa shape index (κ1) is 13.1. The zero-order valence-corrected chi connectivity index (χ0v) is 11.7. The molecule has 1 fully saturated rings. The second kappa shape index (κ2) is 6.01. The van der Waals surface area contributed by atoms with Gasteiger partial charge >= 0.3 is 0 Å². The Morgan fingerprint density at radius 3 is 2.75 bits per heavy atom. The predicted molar refractivity (Wildman–Crippen MR) is 78.1 cm³/mol. The van der Waals surface area contributed by atoms with Crippen LogP contribution in [0.2, 0.25) is 0 Å². The summed E-state index contributed by atoms with van der Waals surface area (Å²) in [4.78, 5) is 8.89. The molecule has 0 spiro atoms. The summed E-state index contributed by atoms with van der Waals surface area (Å²) in [5.41, 5.74) is 1.17. The average molecular weight is 269 g/mol. The van der Waals surface area contributed by atoms with Crippen LogP contribution in [0, 0.1) is 6.92 Å². The van der Waals surface area contributed by atoms with E-state index in [0.29, 0.717) is 11.7 Å². The lowest BCUT2D eigenvalue weighted by Gasteiger charge is -2.21. The van der Waals surface area contributed by atoms with Crippen LogP contribution in [0.5, 0.6) is 11.5 Å². The molecule has 0 amide bonds. The zero-order valence-electron chi connectivity index (χ0n) is 11.7.